The predicted molar refractivity (Wildman–Crippen MR) is 140 cm³/mol. The summed E-state index contributed by atoms with van der Waals surface area (Å²) >= 11 is 7.87. The number of aromatic nitrogens is 4. The van der Waals surface area contributed by atoms with Gasteiger partial charge in [-0.05, 0) is 57.0 Å². The van der Waals surface area contributed by atoms with Gasteiger partial charge in [-0.1, -0.05) is 23.7 Å². The topological polar surface area (TPSA) is 77.1 Å². The Bertz CT molecular complexity index is 1380. The zero-order valence-corrected chi connectivity index (χ0v) is 21.5. The second-order valence-corrected chi connectivity index (χ2v) is 10.4. The molecule has 4 aromatic rings. The number of hydrogen-bond acceptors (Lipinski definition) is 5. The number of halogens is 1. The lowest BCUT2D eigenvalue weighted by Gasteiger charge is -2.13. The maximum Gasteiger partial charge on any atom is 0.222 e. The van der Waals surface area contributed by atoms with Crippen molar-refractivity contribution in [1.29, 1.82) is 0 Å². The van der Waals surface area contributed by atoms with Crippen LogP contribution in [0, 0.1) is 20.8 Å². The summed E-state index contributed by atoms with van der Waals surface area (Å²) in [6, 6.07) is 11.3. The van der Waals surface area contributed by atoms with Crippen molar-refractivity contribution in [2.24, 2.45) is 4.99 Å². The minimum Gasteiger partial charge on any atom is -0.356 e. The normalized spacial score (nSPS) is 14.7. The number of fused-ring (bicyclic) bond motifs is 3. The van der Waals surface area contributed by atoms with Crippen molar-refractivity contribution in [3.8, 4) is 5.00 Å². The number of carbonyl (C=O) groups excluding carboxylic acids is 1. The van der Waals surface area contributed by atoms with E-state index in [1.807, 2.05) is 55.7 Å². The summed E-state index contributed by atoms with van der Waals surface area (Å²) < 4.78 is 4.17. The van der Waals surface area contributed by atoms with Crippen molar-refractivity contribution >= 4 is 34.6 Å². The highest BCUT2D eigenvalue weighted by molar-refractivity contribution is 7.15. The molecular weight excluding hydrogens is 480 g/mol. The Morgan fingerprint density at radius 3 is 2.60 bits per heavy atom. The molecule has 7 nitrogen and oxygen atoms in total. The van der Waals surface area contributed by atoms with Gasteiger partial charge in [-0.2, -0.15) is 0 Å². The Morgan fingerprint density at radius 2 is 1.86 bits per heavy atom. The fourth-order valence-corrected chi connectivity index (χ4v) is 5.73. The van der Waals surface area contributed by atoms with E-state index in [-0.39, 0.29) is 12.3 Å². The number of hydrogen-bond donors (Lipinski definition) is 1. The fourth-order valence-electron chi connectivity index (χ4n) is 4.39. The first-order valence-corrected chi connectivity index (χ1v) is 12.9. The van der Waals surface area contributed by atoms with Crippen LogP contribution in [0.4, 0.5) is 0 Å². The maximum atomic E-state index is 13.0. The summed E-state index contributed by atoms with van der Waals surface area (Å²) in [5, 5.41) is 13.6. The van der Waals surface area contributed by atoms with E-state index in [4.69, 9.17) is 16.6 Å². The molecule has 0 bridgehead atoms. The first kappa shape index (κ1) is 23.5. The van der Waals surface area contributed by atoms with Gasteiger partial charge in [0.2, 0.25) is 5.91 Å². The Hall–Kier alpha value is -3.23. The number of aliphatic imine (C=N–C) groups is 1. The van der Waals surface area contributed by atoms with E-state index in [1.165, 1.54) is 10.4 Å². The summed E-state index contributed by atoms with van der Waals surface area (Å²) in [4.78, 5) is 19.3. The number of aryl methyl sites for hydroxylation is 3. The predicted octanol–water partition coefficient (Wildman–Crippen LogP) is 5.20. The van der Waals surface area contributed by atoms with E-state index >= 15 is 0 Å². The average molecular weight is 507 g/mol. The van der Waals surface area contributed by atoms with Crippen LogP contribution in [0.25, 0.3) is 5.00 Å². The summed E-state index contributed by atoms with van der Waals surface area (Å²) in [6.45, 7) is 7.65. The highest BCUT2D eigenvalue weighted by Gasteiger charge is 2.32. The van der Waals surface area contributed by atoms with E-state index in [9.17, 15) is 4.79 Å². The van der Waals surface area contributed by atoms with Gasteiger partial charge in [0.25, 0.3) is 0 Å². The molecule has 180 valence electrons. The fraction of sp³-hybridized carbons (Fsp3) is 0.308. The lowest BCUT2D eigenvalue weighted by Crippen LogP contribution is -2.27. The molecule has 0 fully saturated rings. The number of benzene rings is 1. The average Bonchev–Trinajstić information content (AvgIpc) is 3.53. The highest BCUT2D eigenvalue weighted by atomic mass is 35.5. The van der Waals surface area contributed by atoms with Crippen molar-refractivity contribution in [2.45, 2.75) is 46.2 Å². The van der Waals surface area contributed by atoms with Gasteiger partial charge in [-0.25, -0.2) is 0 Å². The zero-order valence-electron chi connectivity index (χ0n) is 20.0. The smallest absolute Gasteiger partial charge is 0.222 e. The molecule has 35 heavy (non-hydrogen) atoms. The molecule has 0 aliphatic carbocycles. The van der Waals surface area contributed by atoms with Crippen molar-refractivity contribution in [3.05, 3.63) is 87.0 Å². The molecule has 1 aromatic carbocycles. The Balaban J connectivity index is 1.46. The molecule has 4 heterocycles. The van der Waals surface area contributed by atoms with Crippen LogP contribution in [-0.2, 0) is 11.3 Å². The number of nitrogens with one attached hydrogen (secondary N) is 1. The van der Waals surface area contributed by atoms with Crippen molar-refractivity contribution < 1.29 is 4.79 Å². The molecule has 9 heteroatoms. The minimum absolute atomic E-state index is 0.0490. The van der Waals surface area contributed by atoms with Crippen molar-refractivity contribution in [2.75, 3.05) is 6.54 Å². The largest absolute Gasteiger partial charge is 0.356 e. The van der Waals surface area contributed by atoms with Gasteiger partial charge in [0.05, 0.1) is 12.1 Å². The van der Waals surface area contributed by atoms with E-state index in [2.05, 4.69) is 38.5 Å². The van der Waals surface area contributed by atoms with Crippen LogP contribution >= 0.6 is 22.9 Å². The molecule has 5 rings (SSSR count). The molecule has 1 aliphatic rings. The molecule has 1 aliphatic heterocycles. The van der Waals surface area contributed by atoms with Crippen LogP contribution in [0.3, 0.4) is 0 Å². The van der Waals surface area contributed by atoms with Crippen molar-refractivity contribution in [1.82, 2.24) is 24.6 Å². The SMILES string of the molecule is Cc1sc2c(c1C)C(c1ccc(Cl)cc1)=NC(CC(=O)NCCCn1cccc1)c1nnc(C)n1-2. The van der Waals surface area contributed by atoms with Crippen LogP contribution in [0.1, 0.15) is 52.1 Å². The van der Waals surface area contributed by atoms with Crippen LogP contribution in [0.5, 0.6) is 0 Å². The third-order valence-corrected chi connectivity index (χ3v) is 7.76. The second-order valence-electron chi connectivity index (χ2n) is 8.73. The number of carbonyl (C=O) groups is 1. The molecule has 0 spiro atoms. The lowest BCUT2D eigenvalue weighted by atomic mass is 9.99. The van der Waals surface area contributed by atoms with Crippen LogP contribution in [0.2, 0.25) is 5.02 Å². The van der Waals surface area contributed by atoms with Crippen molar-refractivity contribution in [3.63, 3.8) is 0 Å². The first-order valence-electron chi connectivity index (χ1n) is 11.7. The molecule has 1 N–H and O–H groups in total. The van der Waals surface area contributed by atoms with Gasteiger partial charge in [0, 0.05) is 46.5 Å². The summed E-state index contributed by atoms with van der Waals surface area (Å²) in [5.74, 6) is 1.43. The molecule has 0 radical (unpaired) electrons. The summed E-state index contributed by atoms with van der Waals surface area (Å²) in [6.07, 6.45) is 5.11. The van der Waals surface area contributed by atoms with Crippen LogP contribution < -0.4 is 5.32 Å². The molecule has 1 amide bonds. The summed E-state index contributed by atoms with van der Waals surface area (Å²) in [7, 11) is 0. The van der Waals surface area contributed by atoms with Gasteiger partial charge >= 0.3 is 0 Å². The van der Waals surface area contributed by atoms with Gasteiger partial charge in [-0.3, -0.25) is 14.4 Å². The summed E-state index contributed by atoms with van der Waals surface area (Å²) in [5.41, 5.74) is 4.06. The molecule has 0 saturated heterocycles. The Labute approximate surface area is 213 Å². The standard InChI is InChI=1S/C26H27ClN6OS/c1-16-17(2)35-26-23(16)24(19-7-9-20(27)10-8-19)29-21(25-31-30-18(3)33(25)26)15-22(34)28-11-6-14-32-12-4-5-13-32/h4-5,7-10,12-13,21H,6,11,14-15H2,1-3H3,(H,28,34). The monoisotopic (exact) mass is 506 g/mol. The zero-order chi connectivity index (χ0) is 24.5. The number of nitrogens with zero attached hydrogens (tertiary/aromatic N) is 5. The molecule has 1 unspecified atom stereocenters. The van der Waals surface area contributed by atoms with E-state index in [0.717, 1.165) is 40.6 Å². The van der Waals surface area contributed by atoms with Gasteiger partial charge < -0.3 is 9.88 Å². The minimum atomic E-state index is -0.453. The maximum absolute atomic E-state index is 13.0. The highest BCUT2D eigenvalue weighted by Crippen LogP contribution is 2.39. The lowest BCUT2D eigenvalue weighted by molar-refractivity contribution is -0.121. The van der Waals surface area contributed by atoms with Gasteiger partial charge in [0.1, 0.15) is 16.9 Å². The van der Waals surface area contributed by atoms with Gasteiger partial charge in [-0.15, -0.1) is 21.5 Å². The van der Waals surface area contributed by atoms with E-state index in [1.54, 1.807) is 11.3 Å². The molecule has 0 saturated carbocycles. The van der Waals surface area contributed by atoms with Gasteiger partial charge in [0.15, 0.2) is 5.82 Å². The molecular formula is C26H27ClN6OS. The number of rotatable bonds is 7. The van der Waals surface area contributed by atoms with Crippen LogP contribution in [-0.4, -0.2) is 37.5 Å². The molecule has 1 atom stereocenters. The molecule has 3 aromatic heterocycles. The number of thiophene rings is 1. The second kappa shape index (κ2) is 9.79. The first-order chi connectivity index (χ1) is 16.9. The van der Waals surface area contributed by atoms with E-state index in [0.29, 0.717) is 17.4 Å². The third-order valence-electron chi connectivity index (χ3n) is 6.32. The Kier molecular flexibility index (Phi) is 6.58. The number of amides is 1. The van der Waals surface area contributed by atoms with Crippen LogP contribution in [0.15, 0.2) is 53.8 Å². The third kappa shape index (κ3) is 4.68. The quantitative estimate of drug-likeness (QED) is 0.350. The van der Waals surface area contributed by atoms with E-state index < -0.39 is 6.04 Å². The Morgan fingerprint density at radius 1 is 1.11 bits per heavy atom.